The van der Waals surface area contributed by atoms with Crippen molar-refractivity contribution in [2.75, 3.05) is 0 Å². The number of nitrogens with zero attached hydrogens (tertiary/aromatic N) is 1. The molecule has 1 aliphatic rings. The number of hydrogen-bond acceptors (Lipinski definition) is 5. The molecule has 0 saturated carbocycles. The van der Waals surface area contributed by atoms with Gasteiger partial charge in [0.2, 0.25) is 11.9 Å². The summed E-state index contributed by atoms with van der Waals surface area (Å²) in [6.07, 6.45) is -1.07. The molecule has 2 rings (SSSR count). The Kier molecular flexibility index (Phi) is 3.12. The number of carbonyl (C=O) groups is 2. The molecule has 1 heterocycles. The van der Waals surface area contributed by atoms with E-state index >= 15 is 0 Å². The van der Waals surface area contributed by atoms with E-state index in [-0.39, 0.29) is 11.5 Å². The SMILES string of the molecule is Cc1ccccc1C(=O)C1ON=C(C(=O)O)C1N. The molecular weight excluding hydrogens is 236 g/mol. The van der Waals surface area contributed by atoms with Crippen LogP contribution in [0.2, 0.25) is 0 Å². The lowest BCUT2D eigenvalue weighted by Gasteiger charge is -2.13. The zero-order valence-electron chi connectivity index (χ0n) is 9.66. The Labute approximate surface area is 103 Å². The predicted molar refractivity (Wildman–Crippen MR) is 63.4 cm³/mol. The van der Waals surface area contributed by atoms with E-state index in [1.165, 1.54) is 0 Å². The number of benzene rings is 1. The third-order valence-electron chi connectivity index (χ3n) is 2.79. The number of carbonyl (C=O) groups excluding carboxylic acids is 1. The number of oxime groups is 1. The molecule has 1 aromatic carbocycles. The maximum atomic E-state index is 12.2. The van der Waals surface area contributed by atoms with Crippen LogP contribution in [0.15, 0.2) is 29.4 Å². The minimum atomic E-state index is -1.28. The van der Waals surface area contributed by atoms with Crippen molar-refractivity contribution in [3.8, 4) is 0 Å². The Morgan fingerprint density at radius 1 is 1.39 bits per heavy atom. The number of carboxylic acids is 1. The lowest BCUT2D eigenvalue weighted by molar-refractivity contribution is -0.129. The Balaban J connectivity index is 2.23. The van der Waals surface area contributed by atoms with Crippen LogP contribution in [0.1, 0.15) is 15.9 Å². The molecule has 2 unspecified atom stereocenters. The van der Waals surface area contributed by atoms with E-state index in [1.807, 2.05) is 0 Å². The number of hydrogen-bond donors (Lipinski definition) is 2. The quantitative estimate of drug-likeness (QED) is 0.751. The maximum absolute atomic E-state index is 12.2. The van der Waals surface area contributed by atoms with Crippen LogP contribution in [-0.4, -0.2) is 34.7 Å². The largest absolute Gasteiger partial charge is 0.477 e. The lowest BCUT2D eigenvalue weighted by atomic mass is 9.96. The first-order valence-electron chi connectivity index (χ1n) is 5.35. The van der Waals surface area contributed by atoms with Crippen molar-refractivity contribution in [3.63, 3.8) is 0 Å². The second kappa shape index (κ2) is 4.58. The number of Topliss-reactive ketones (excluding diaryl/α,β-unsaturated/α-hetero) is 1. The van der Waals surface area contributed by atoms with E-state index in [4.69, 9.17) is 15.7 Å². The summed E-state index contributed by atoms with van der Waals surface area (Å²) in [5, 5.41) is 12.2. The van der Waals surface area contributed by atoms with Crippen molar-refractivity contribution in [1.29, 1.82) is 0 Å². The monoisotopic (exact) mass is 248 g/mol. The summed E-state index contributed by atoms with van der Waals surface area (Å²) in [6.45, 7) is 1.78. The van der Waals surface area contributed by atoms with Gasteiger partial charge >= 0.3 is 5.97 Å². The molecule has 0 bridgehead atoms. The van der Waals surface area contributed by atoms with E-state index in [0.29, 0.717) is 5.56 Å². The van der Waals surface area contributed by atoms with Gasteiger partial charge < -0.3 is 15.7 Å². The van der Waals surface area contributed by atoms with Gasteiger partial charge in [-0.15, -0.1) is 0 Å². The first-order chi connectivity index (χ1) is 8.52. The van der Waals surface area contributed by atoms with Crippen molar-refractivity contribution in [1.82, 2.24) is 0 Å². The van der Waals surface area contributed by atoms with Crippen molar-refractivity contribution in [2.45, 2.75) is 19.1 Å². The van der Waals surface area contributed by atoms with Crippen LogP contribution in [0.25, 0.3) is 0 Å². The van der Waals surface area contributed by atoms with E-state index < -0.39 is 18.1 Å². The number of rotatable bonds is 3. The molecule has 0 radical (unpaired) electrons. The van der Waals surface area contributed by atoms with Crippen LogP contribution in [-0.2, 0) is 9.63 Å². The van der Waals surface area contributed by atoms with Gasteiger partial charge in [0.25, 0.3) is 0 Å². The molecule has 0 saturated heterocycles. The van der Waals surface area contributed by atoms with Crippen LogP contribution in [0, 0.1) is 6.92 Å². The summed E-state index contributed by atoms with van der Waals surface area (Å²) in [6, 6.07) is 5.91. The molecule has 0 amide bonds. The van der Waals surface area contributed by atoms with Gasteiger partial charge in [-0.3, -0.25) is 4.79 Å². The van der Waals surface area contributed by atoms with Gasteiger partial charge in [-0.05, 0) is 12.5 Å². The fourth-order valence-electron chi connectivity index (χ4n) is 1.78. The highest BCUT2D eigenvalue weighted by Gasteiger charge is 2.40. The first-order valence-corrected chi connectivity index (χ1v) is 5.35. The second-order valence-corrected chi connectivity index (χ2v) is 4.01. The lowest BCUT2D eigenvalue weighted by Crippen LogP contribution is -2.45. The number of aliphatic carboxylic acids is 1. The maximum Gasteiger partial charge on any atom is 0.355 e. The third kappa shape index (κ3) is 1.98. The van der Waals surface area contributed by atoms with Crippen LogP contribution in [0.5, 0.6) is 0 Å². The molecule has 0 aromatic heterocycles. The summed E-state index contributed by atoms with van der Waals surface area (Å²) in [5.41, 5.74) is 6.56. The highest BCUT2D eigenvalue weighted by atomic mass is 16.6. The molecule has 1 aliphatic heterocycles. The summed E-state index contributed by atoms with van der Waals surface area (Å²) in [4.78, 5) is 27.8. The zero-order valence-corrected chi connectivity index (χ0v) is 9.66. The summed E-state index contributed by atoms with van der Waals surface area (Å²) in [5.74, 6) is -1.64. The minimum absolute atomic E-state index is 0.332. The standard InChI is InChI=1S/C12H12N2O4/c1-6-4-2-3-5-7(6)10(15)11-8(13)9(12(16)17)14-18-11/h2-5,8,11H,13H2,1H3,(H,16,17). The number of ketones is 1. The topological polar surface area (TPSA) is 102 Å². The second-order valence-electron chi connectivity index (χ2n) is 4.01. The van der Waals surface area contributed by atoms with Gasteiger partial charge in [-0.25, -0.2) is 4.79 Å². The van der Waals surface area contributed by atoms with Crippen LogP contribution in [0.3, 0.4) is 0 Å². The Bertz CT molecular complexity index is 539. The Hall–Kier alpha value is -2.21. The van der Waals surface area contributed by atoms with Gasteiger partial charge in [0.15, 0.2) is 5.71 Å². The van der Waals surface area contributed by atoms with Crippen molar-refractivity contribution < 1.29 is 19.5 Å². The Morgan fingerprint density at radius 3 is 2.61 bits per heavy atom. The average Bonchev–Trinajstić information content (AvgIpc) is 2.71. The van der Waals surface area contributed by atoms with Crippen molar-refractivity contribution in [2.24, 2.45) is 10.9 Å². The first kappa shape index (κ1) is 12.3. The normalized spacial score (nSPS) is 22.2. The highest BCUT2D eigenvalue weighted by molar-refractivity contribution is 6.39. The minimum Gasteiger partial charge on any atom is -0.477 e. The summed E-state index contributed by atoms with van der Waals surface area (Å²) < 4.78 is 0. The van der Waals surface area contributed by atoms with Crippen LogP contribution >= 0.6 is 0 Å². The van der Waals surface area contributed by atoms with Crippen LogP contribution in [0.4, 0.5) is 0 Å². The molecule has 94 valence electrons. The number of carboxylic acid groups (broad SMARTS) is 1. The average molecular weight is 248 g/mol. The van der Waals surface area contributed by atoms with Gasteiger partial charge in [0, 0.05) is 5.56 Å². The van der Waals surface area contributed by atoms with Gasteiger partial charge in [-0.2, -0.15) is 0 Å². The molecule has 18 heavy (non-hydrogen) atoms. The van der Waals surface area contributed by atoms with Gasteiger partial charge in [0.1, 0.15) is 6.04 Å². The molecule has 6 heteroatoms. The molecular formula is C12H12N2O4. The van der Waals surface area contributed by atoms with E-state index in [1.54, 1.807) is 31.2 Å². The zero-order chi connectivity index (χ0) is 13.3. The number of nitrogens with two attached hydrogens (primary N) is 1. The Morgan fingerprint density at radius 2 is 2.06 bits per heavy atom. The predicted octanol–water partition coefficient (Wildman–Crippen LogP) is 0.344. The van der Waals surface area contributed by atoms with Crippen molar-refractivity contribution in [3.05, 3.63) is 35.4 Å². The molecule has 3 N–H and O–H groups in total. The number of aryl methyl sites for hydroxylation is 1. The molecule has 0 aliphatic carbocycles. The fourth-order valence-corrected chi connectivity index (χ4v) is 1.78. The van der Waals surface area contributed by atoms with Gasteiger partial charge in [-0.1, -0.05) is 29.4 Å². The van der Waals surface area contributed by atoms with E-state index in [0.717, 1.165) is 5.56 Å². The smallest absolute Gasteiger partial charge is 0.355 e. The highest BCUT2D eigenvalue weighted by Crippen LogP contribution is 2.18. The molecule has 2 atom stereocenters. The van der Waals surface area contributed by atoms with Crippen LogP contribution < -0.4 is 5.73 Å². The molecule has 1 aromatic rings. The van der Waals surface area contributed by atoms with E-state index in [9.17, 15) is 9.59 Å². The van der Waals surface area contributed by atoms with Gasteiger partial charge in [0.05, 0.1) is 0 Å². The summed E-state index contributed by atoms with van der Waals surface area (Å²) in [7, 11) is 0. The fraction of sp³-hybridized carbons (Fsp3) is 0.250. The molecule has 0 fully saturated rings. The van der Waals surface area contributed by atoms with Crippen molar-refractivity contribution >= 4 is 17.5 Å². The summed E-state index contributed by atoms with van der Waals surface area (Å²) >= 11 is 0. The third-order valence-corrected chi connectivity index (χ3v) is 2.79. The van der Waals surface area contributed by atoms with E-state index in [2.05, 4.69) is 5.16 Å². The molecule has 6 nitrogen and oxygen atoms in total. The molecule has 0 spiro atoms.